The van der Waals surface area contributed by atoms with Crippen LogP contribution in [0.2, 0.25) is 10.0 Å². The Balaban J connectivity index is 2.41. The fraction of sp³-hybridized carbons (Fsp3) is 0.538. The smallest absolute Gasteiger partial charge is 0.314 e. The molecule has 0 aromatic heterocycles. The van der Waals surface area contributed by atoms with E-state index < -0.39 is 24.5 Å². The lowest BCUT2D eigenvalue weighted by molar-refractivity contribution is -0.149. The summed E-state index contributed by atoms with van der Waals surface area (Å²) >= 11 is 11.6. The van der Waals surface area contributed by atoms with Crippen molar-refractivity contribution in [1.82, 2.24) is 10.2 Å². The number of piperazine rings is 1. The number of alkyl halides is 3. The van der Waals surface area contributed by atoms with Crippen LogP contribution in [0.3, 0.4) is 0 Å². The Labute approximate surface area is 130 Å². The summed E-state index contributed by atoms with van der Waals surface area (Å²) in [6.07, 6.45) is -5.59. The third-order valence-electron chi connectivity index (χ3n) is 3.43. The van der Waals surface area contributed by atoms with Crippen LogP contribution in [-0.4, -0.2) is 37.3 Å². The van der Waals surface area contributed by atoms with Crippen molar-refractivity contribution in [2.45, 2.75) is 18.6 Å². The van der Waals surface area contributed by atoms with Crippen LogP contribution >= 0.6 is 23.2 Å². The summed E-state index contributed by atoms with van der Waals surface area (Å²) in [7, 11) is 0. The molecule has 0 spiro atoms. The number of halogens is 6. The lowest BCUT2D eigenvalue weighted by Crippen LogP contribution is -2.46. The maximum atomic E-state index is 14.2. The van der Waals surface area contributed by atoms with Crippen molar-refractivity contribution in [2.75, 3.05) is 26.2 Å². The summed E-state index contributed by atoms with van der Waals surface area (Å²) in [6.45, 7) is 1.88. The zero-order valence-electron chi connectivity index (χ0n) is 11.0. The number of nitrogens with zero attached hydrogens (tertiary/aromatic N) is 1. The van der Waals surface area contributed by atoms with E-state index in [0.717, 1.165) is 0 Å². The number of rotatable bonds is 3. The van der Waals surface area contributed by atoms with E-state index in [9.17, 15) is 17.6 Å². The van der Waals surface area contributed by atoms with Crippen molar-refractivity contribution < 1.29 is 17.6 Å². The lowest BCUT2D eigenvalue weighted by atomic mass is 10.00. The first-order valence-electron chi connectivity index (χ1n) is 6.44. The summed E-state index contributed by atoms with van der Waals surface area (Å²) in [6, 6.07) is 1.40. The highest BCUT2D eigenvalue weighted by Gasteiger charge is 2.38. The Morgan fingerprint density at radius 2 is 1.71 bits per heavy atom. The number of benzene rings is 1. The predicted molar refractivity (Wildman–Crippen MR) is 74.3 cm³/mol. The molecule has 0 saturated carbocycles. The van der Waals surface area contributed by atoms with Crippen LogP contribution in [0.25, 0.3) is 0 Å². The van der Waals surface area contributed by atoms with Gasteiger partial charge in [0.25, 0.3) is 0 Å². The molecule has 118 valence electrons. The van der Waals surface area contributed by atoms with E-state index >= 15 is 0 Å². The first kappa shape index (κ1) is 16.8. The molecule has 1 saturated heterocycles. The molecule has 1 aromatic rings. The summed E-state index contributed by atoms with van der Waals surface area (Å²) < 4.78 is 52.8. The van der Waals surface area contributed by atoms with Crippen molar-refractivity contribution in [3.8, 4) is 0 Å². The molecule has 0 bridgehead atoms. The van der Waals surface area contributed by atoms with E-state index in [4.69, 9.17) is 23.2 Å². The van der Waals surface area contributed by atoms with Gasteiger partial charge in [-0.25, -0.2) is 4.39 Å². The number of hydrogen-bond acceptors (Lipinski definition) is 2. The quantitative estimate of drug-likeness (QED) is 0.657. The van der Waals surface area contributed by atoms with E-state index in [-0.39, 0.29) is 15.6 Å². The molecule has 8 heteroatoms. The third kappa shape index (κ3) is 4.22. The van der Waals surface area contributed by atoms with Gasteiger partial charge in [0.2, 0.25) is 0 Å². The highest BCUT2D eigenvalue weighted by molar-refractivity contribution is 6.33. The monoisotopic (exact) mass is 344 g/mol. The maximum absolute atomic E-state index is 14.2. The largest absolute Gasteiger partial charge is 0.390 e. The Bertz CT molecular complexity index is 502. The van der Waals surface area contributed by atoms with Crippen LogP contribution in [0, 0.1) is 5.82 Å². The first-order chi connectivity index (χ1) is 9.79. The van der Waals surface area contributed by atoms with E-state index in [1.807, 2.05) is 0 Å². The highest BCUT2D eigenvalue weighted by atomic mass is 35.5. The van der Waals surface area contributed by atoms with Gasteiger partial charge in [0.1, 0.15) is 5.82 Å². The molecule has 1 aliphatic rings. The van der Waals surface area contributed by atoms with Crippen LogP contribution < -0.4 is 5.32 Å². The minimum absolute atomic E-state index is 0.0373. The van der Waals surface area contributed by atoms with E-state index in [2.05, 4.69) is 5.32 Å². The average Bonchev–Trinajstić information content (AvgIpc) is 2.42. The van der Waals surface area contributed by atoms with Crippen LogP contribution in [0.5, 0.6) is 0 Å². The molecule has 1 N–H and O–H groups in total. The Hall–Kier alpha value is -0.560. The molecule has 0 aliphatic carbocycles. The van der Waals surface area contributed by atoms with Gasteiger partial charge in [-0.3, -0.25) is 4.90 Å². The minimum Gasteiger partial charge on any atom is -0.314 e. The minimum atomic E-state index is -4.42. The third-order valence-corrected chi connectivity index (χ3v) is 4.05. The zero-order chi connectivity index (χ0) is 15.6. The van der Waals surface area contributed by atoms with Crippen molar-refractivity contribution in [2.24, 2.45) is 0 Å². The summed E-state index contributed by atoms with van der Waals surface area (Å²) in [5.74, 6) is -0.878. The standard InChI is InChI=1S/C13H14Cl2F4N2/c14-8-1-2-9(15)12(16)11(8)10(7-13(17,18)19)21-5-3-20-4-6-21/h1-2,10,20H,3-7H2/t10-/m1/s1. The van der Waals surface area contributed by atoms with Gasteiger partial charge in [0, 0.05) is 42.8 Å². The van der Waals surface area contributed by atoms with E-state index in [1.54, 1.807) is 4.90 Å². The van der Waals surface area contributed by atoms with Gasteiger partial charge >= 0.3 is 6.18 Å². The van der Waals surface area contributed by atoms with Gasteiger partial charge in [-0.2, -0.15) is 13.2 Å². The van der Waals surface area contributed by atoms with Crippen molar-refractivity contribution in [1.29, 1.82) is 0 Å². The van der Waals surface area contributed by atoms with Crippen molar-refractivity contribution in [3.05, 3.63) is 33.6 Å². The second kappa shape index (κ2) is 6.69. The summed E-state index contributed by atoms with van der Waals surface area (Å²) in [5, 5.41) is 2.79. The van der Waals surface area contributed by atoms with Gasteiger partial charge < -0.3 is 5.32 Å². The molecule has 0 radical (unpaired) electrons. The SMILES string of the molecule is Fc1c(Cl)ccc(Cl)c1[C@@H](CC(F)(F)F)N1CCNCC1. The van der Waals surface area contributed by atoms with Gasteiger partial charge in [0.05, 0.1) is 11.4 Å². The predicted octanol–water partition coefficient (Wildman–Crippen LogP) is 4.03. The Kier molecular flexibility index (Phi) is 5.35. The molecule has 1 aromatic carbocycles. The van der Waals surface area contributed by atoms with E-state index in [1.165, 1.54) is 12.1 Å². The normalized spacial score (nSPS) is 18.8. The summed E-state index contributed by atoms with van der Waals surface area (Å²) in [4.78, 5) is 1.59. The fourth-order valence-electron chi connectivity index (χ4n) is 2.47. The molecule has 1 fully saturated rings. The van der Waals surface area contributed by atoms with Crippen LogP contribution in [0.1, 0.15) is 18.0 Å². The molecule has 21 heavy (non-hydrogen) atoms. The van der Waals surface area contributed by atoms with Crippen LogP contribution in [0.15, 0.2) is 12.1 Å². The Morgan fingerprint density at radius 3 is 2.29 bits per heavy atom. The molecular weight excluding hydrogens is 331 g/mol. The second-order valence-electron chi connectivity index (χ2n) is 4.88. The van der Waals surface area contributed by atoms with Gasteiger partial charge in [-0.1, -0.05) is 23.2 Å². The molecule has 2 rings (SSSR count). The van der Waals surface area contributed by atoms with Crippen LogP contribution in [-0.2, 0) is 0 Å². The topological polar surface area (TPSA) is 15.3 Å². The summed E-state index contributed by atoms with van der Waals surface area (Å²) in [5.41, 5.74) is -0.177. The maximum Gasteiger partial charge on any atom is 0.390 e. The van der Waals surface area contributed by atoms with Crippen molar-refractivity contribution >= 4 is 23.2 Å². The number of hydrogen-bond donors (Lipinski definition) is 1. The lowest BCUT2D eigenvalue weighted by Gasteiger charge is -2.36. The number of nitrogens with one attached hydrogen (secondary N) is 1. The molecule has 2 nitrogen and oxygen atoms in total. The van der Waals surface area contributed by atoms with Crippen molar-refractivity contribution in [3.63, 3.8) is 0 Å². The molecule has 1 heterocycles. The second-order valence-corrected chi connectivity index (χ2v) is 5.69. The van der Waals surface area contributed by atoms with Crippen LogP contribution in [0.4, 0.5) is 17.6 Å². The van der Waals surface area contributed by atoms with Gasteiger partial charge in [-0.05, 0) is 12.1 Å². The van der Waals surface area contributed by atoms with E-state index in [0.29, 0.717) is 26.2 Å². The first-order valence-corrected chi connectivity index (χ1v) is 7.20. The Morgan fingerprint density at radius 1 is 1.14 bits per heavy atom. The molecular formula is C13H14Cl2F4N2. The van der Waals surface area contributed by atoms with Gasteiger partial charge in [0.15, 0.2) is 0 Å². The fourth-order valence-corrected chi connectivity index (χ4v) is 2.91. The molecule has 1 atom stereocenters. The van der Waals surface area contributed by atoms with Gasteiger partial charge in [-0.15, -0.1) is 0 Å². The average molecular weight is 345 g/mol. The molecule has 1 aliphatic heterocycles. The molecule has 0 unspecified atom stereocenters. The zero-order valence-corrected chi connectivity index (χ0v) is 12.5. The molecule has 0 amide bonds. The highest BCUT2D eigenvalue weighted by Crippen LogP contribution is 2.39.